The lowest BCUT2D eigenvalue weighted by Crippen LogP contribution is -2.46. The fourth-order valence-electron chi connectivity index (χ4n) is 4.41. The van der Waals surface area contributed by atoms with Crippen molar-refractivity contribution in [1.29, 1.82) is 0 Å². The molecule has 1 aromatic heterocycles. The number of fused-ring (bicyclic) bond motifs is 1. The summed E-state index contributed by atoms with van der Waals surface area (Å²) in [5, 5.41) is 1.90. The maximum Gasteiger partial charge on any atom is 0.253 e. The van der Waals surface area contributed by atoms with E-state index in [0.717, 1.165) is 72.5 Å². The second kappa shape index (κ2) is 9.59. The van der Waals surface area contributed by atoms with Crippen LogP contribution in [-0.4, -0.2) is 46.4 Å². The van der Waals surface area contributed by atoms with Crippen LogP contribution >= 0.6 is 11.6 Å². The van der Waals surface area contributed by atoms with Crippen molar-refractivity contribution in [3.63, 3.8) is 0 Å². The summed E-state index contributed by atoms with van der Waals surface area (Å²) in [6, 6.07) is 18.1. The van der Waals surface area contributed by atoms with E-state index in [-0.39, 0.29) is 5.91 Å². The van der Waals surface area contributed by atoms with Crippen molar-refractivity contribution in [2.45, 2.75) is 38.8 Å². The number of halogens is 1. The third kappa shape index (κ3) is 4.50. The molecule has 5 heteroatoms. The molecular formula is C25H28ClN3O. The SMILES string of the molecule is CCCN(Cc1c(Cl)ccc2cccnc12)C1CCN(C(=O)c2ccccc2)CC1. The Labute approximate surface area is 183 Å². The van der Waals surface area contributed by atoms with Crippen LogP contribution in [0.25, 0.3) is 10.9 Å². The number of rotatable bonds is 6. The molecule has 1 aliphatic heterocycles. The highest BCUT2D eigenvalue weighted by molar-refractivity contribution is 6.32. The van der Waals surface area contributed by atoms with Gasteiger partial charge in [-0.05, 0) is 50.1 Å². The van der Waals surface area contributed by atoms with Crippen molar-refractivity contribution in [3.8, 4) is 0 Å². The van der Waals surface area contributed by atoms with E-state index in [0.29, 0.717) is 6.04 Å². The summed E-state index contributed by atoms with van der Waals surface area (Å²) in [7, 11) is 0. The maximum absolute atomic E-state index is 12.8. The highest BCUT2D eigenvalue weighted by Gasteiger charge is 2.28. The minimum atomic E-state index is 0.136. The Morgan fingerprint density at radius 3 is 2.60 bits per heavy atom. The molecule has 0 saturated carbocycles. The first kappa shape index (κ1) is 20.8. The van der Waals surface area contributed by atoms with Gasteiger partial charge in [-0.15, -0.1) is 0 Å². The molecule has 0 radical (unpaired) electrons. The minimum absolute atomic E-state index is 0.136. The average Bonchev–Trinajstić information content (AvgIpc) is 2.80. The Bertz CT molecular complexity index is 1000. The topological polar surface area (TPSA) is 36.4 Å². The van der Waals surface area contributed by atoms with Gasteiger partial charge in [-0.1, -0.05) is 48.9 Å². The molecule has 4 rings (SSSR count). The highest BCUT2D eigenvalue weighted by atomic mass is 35.5. The van der Waals surface area contributed by atoms with Gasteiger partial charge < -0.3 is 4.90 Å². The standard InChI is InChI=1S/C25H28ClN3O/c1-2-15-29(18-22-23(26)11-10-19-9-6-14-27-24(19)22)21-12-16-28(17-13-21)25(30)20-7-4-3-5-8-20/h3-11,14,21H,2,12-13,15-18H2,1H3. The predicted octanol–water partition coefficient (Wildman–Crippen LogP) is 5.41. The fraction of sp³-hybridized carbons (Fsp3) is 0.360. The molecule has 0 atom stereocenters. The van der Waals surface area contributed by atoms with E-state index in [9.17, 15) is 4.79 Å². The average molecular weight is 422 g/mol. The van der Waals surface area contributed by atoms with Gasteiger partial charge in [0.2, 0.25) is 0 Å². The Morgan fingerprint density at radius 2 is 1.87 bits per heavy atom. The van der Waals surface area contributed by atoms with E-state index in [1.54, 1.807) is 0 Å². The number of carbonyl (C=O) groups is 1. The molecule has 1 amide bonds. The van der Waals surface area contributed by atoms with Crippen molar-refractivity contribution in [2.75, 3.05) is 19.6 Å². The molecule has 156 valence electrons. The second-order valence-corrected chi connectivity index (χ2v) is 8.37. The van der Waals surface area contributed by atoms with Crippen LogP contribution in [0.15, 0.2) is 60.8 Å². The Morgan fingerprint density at radius 1 is 1.10 bits per heavy atom. The van der Waals surface area contributed by atoms with Crippen molar-refractivity contribution in [3.05, 3.63) is 76.9 Å². The van der Waals surface area contributed by atoms with E-state index in [2.05, 4.69) is 22.9 Å². The van der Waals surface area contributed by atoms with E-state index < -0.39 is 0 Å². The van der Waals surface area contributed by atoms with Crippen LogP contribution in [-0.2, 0) is 6.54 Å². The van der Waals surface area contributed by atoms with Gasteiger partial charge >= 0.3 is 0 Å². The number of likely N-dealkylation sites (tertiary alicyclic amines) is 1. The number of nitrogens with zero attached hydrogens (tertiary/aromatic N) is 3. The molecule has 3 aromatic rings. The van der Waals surface area contributed by atoms with E-state index in [1.165, 1.54) is 0 Å². The summed E-state index contributed by atoms with van der Waals surface area (Å²) < 4.78 is 0. The lowest BCUT2D eigenvalue weighted by Gasteiger charge is -2.39. The minimum Gasteiger partial charge on any atom is -0.339 e. The molecule has 2 heterocycles. The maximum atomic E-state index is 12.8. The summed E-state index contributed by atoms with van der Waals surface area (Å²) >= 11 is 6.60. The van der Waals surface area contributed by atoms with Crippen molar-refractivity contribution < 1.29 is 4.79 Å². The van der Waals surface area contributed by atoms with Crippen molar-refractivity contribution >= 4 is 28.4 Å². The van der Waals surface area contributed by atoms with Crippen LogP contribution in [0, 0.1) is 0 Å². The van der Waals surface area contributed by atoms with Gasteiger partial charge in [-0.25, -0.2) is 0 Å². The smallest absolute Gasteiger partial charge is 0.253 e. The molecule has 0 N–H and O–H groups in total. The summed E-state index contributed by atoms with van der Waals surface area (Å²) in [5.74, 6) is 0.136. The molecular weight excluding hydrogens is 394 g/mol. The number of hydrogen-bond acceptors (Lipinski definition) is 3. The molecule has 0 unspecified atom stereocenters. The molecule has 1 saturated heterocycles. The van der Waals surface area contributed by atoms with Crippen molar-refractivity contribution in [1.82, 2.24) is 14.8 Å². The first-order valence-corrected chi connectivity index (χ1v) is 11.2. The van der Waals surface area contributed by atoms with E-state index >= 15 is 0 Å². The van der Waals surface area contributed by atoms with Gasteiger partial charge in [-0.3, -0.25) is 14.7 Å². The van der Waals surface area contributed by atoms with Crippen LogP contribution < -0.4 is 0 Å². The van der Waals surface area contributed by atoms with Crippen LogP contribution in [0.1, 0.15) is 42.1 Å². The molecule has 0 bridgehead atoms. The zero-order chi connectivity index (χ0) is 20.9. The number of amides is 1. The third-order valence-corrected chi connectivity index (χ3v) is 6.34. The van der Waals surface area contributed by atoms with Crippen LogP contribution in [0.3, 0.4) is 0 Å². The number of carbonyl (C=O) groups excluding carboxylic acids is 1. The van der Waals surface area contributed by atoms with Gasteiger partial charge in [0.05, 0.1) is 5.52 Å². The summed E-state index contributed by atoms with van der Waals surface area (Å²) in [6.45, 7) is 5.60. The second-order valence-electron chi connectivity index (χ2n) is 7.96. The lowest BCUT2D eigenvalue weighted by atomic mass is 10.00. The van der Waals surface area contributed by atoms with Crippen molar-refractivity contribution in [2.24, 2.45) is 0 Å². The third-order valence-electron chi connectivity index (χ3n) is 5.98. The zero-order valence-electron chi connectivity index (χ0n) is 17.4. The molecule has 4 nitrogen and oxygen atoms in total. The molecule has 1 fully saturated rings. The molecule has 1 aliphatic rings. The fourth-order valence-corrected chi connectivity index (χ4v) is 4.62. The monoisotopic (exact) mass is 421 g/mol. The lowest BCUT2D eigenvalue weighted by molar-refractivity contribution is 0.0608. The Hall–Kier alpha value is -2.43. The number of aromatic nitrogens is 1. The van der Waals surface area contributed by atoms with E-state index in [1.807, 2.05) is 59.6 Å². The number of piperidine rings is 1. The first-order valence-electron chi connectivity index (χ1n) is 10.8. The Balaban J connectivity index is 1.47. The molecule has 30 heavy (non-hydrogen) atoms. The van der Waals surface area contributed by atoms with Gasteiger partial charge in [-0.2, -0.15) is 0 Å². The first-order chi connectivity index (χ1) is 14.7. The van der Waals surface area contributed by atoms with Crippen LogP contribution in [0.5, 0.6) is 0 Å². The summed E-state index contributed by atoms with van der Waals surface area (Å²) in [6.07, 6.45) is 4.88. The predicted molar refractivity (Wildman–Crippen MR) is 123 cm³/mol. The van der Waals surface area contributed by atoms with Crippen LogP contribution in [0.4, 0.5) is 0 Å². The molecule has 0 spiro atoms. The van der Waals surface area contributed by atoms with Gasteiger partial charge in [0, 0.05) is 53.4 Å². The quantitative estimate of drug-likeness (QED) is 0.534. The normalized spacial score (nSPS) is 15.1. The zero-order valence-corrected chi connectivity index (χ0v) is 18.2. The summed E-state index contributed by atoms with van der Waals surface area (Å²) in [4.78, 5) is 21.9. The molecule has 0 aliphatic carbocycles. The van der Waals surface area contributed by atoms with Crippen LogP contribution in [0.2, 0.25) is 5.02 Å². The summed E-state index contributed by atoms with van der Waals surface area (Å²) in [5.41, 5.74) is 2.86. The largest absolute Gasteiger partial charge is 0.339 e. The van der Waals surface area contributed by atoms with Gasteiger partial charge in [0.1, 0.15) is 0 Å². The molecule has 2 aromatic carbocycles. The number of pyridine rings is 1. The Kier molecular flexibility index (Phi) is 6.66. The number of hydrogen-bond donors (Lipinski definition) is 0. The van der Waals surface area contributed by atoms with E-state index in [4.69, 9.17) is 11.6 Å². The van der Waals surface area contributed by atoms with Gasteiger partial charge in [0.15, 0.2) is 0 Å². The van der Waals surface area contributed by atoms with Gasteiger partial charge in [0.25, 0.3) is 5.91 Å². The highest BCUT2D eigenvalue weighted by Crippen LogP contribution is 2.28. The number of benzene rings is 2.